The molecule has 3 aromatic rings. The van der Waals surface area contributed by atoms with E-state index in [1.807, 2.05) is 48.8 Å². The Morgan fingerprint density at radius 1 is 1.00 bits per heavy atom. The largest absolute Gasteiger partial charge is 0.339 e. The second-order valence-corrected chi connectivity index (χ2v) is 8.44. The summed E-state index contributed by atoms with van der Waals surface area (Å²) >= 11 is 0. The van der Waals surface area contributed by atoms with Crippen LogP contribution in [0.4, 0.5) is 0 Å². The monoisotopic (exact) mass is 403 g/mol. The van der Waals surface area contributed by atoms with Crippen LogP contribution in [0.25, 0.3) is 11.4 Å². The van der Waals surface area contributed by atoms with Gasteiger partial charge in [0.1, 0.15) is 0 Å². The fourth-order valence-corrected chi connectivity index (χ4v) is 5.01. The van der Waals surface area contributed by atoms with Crippen LogP contribution < -0.4 is 0 Å². The average Bonchev–Trinajstić information content (AvgIpc) is 3.48. The maximum atomic E-state index is 5.81. The van der Waals surface area contributed by atoms with Gasteiger partial charge in [-0.3, -0.25) is 9.88 Å². The van der Waals surface area contributed by atoms with Crippen molar-refractivity contribution < 1.29 is 4.52 Å². The van der Waals surface area contributed by atoms with E-state index >= 15 is 0 Å². The molecule has 0 N–H and O–H groups in total. The van der Waals surface area contributed by atoms with E-state index in [1.165, 1.54) is 31.5 Å². The van der Waals surface area contributed by atoms with E-state index in [0.29, 0.717) is 17.8 Å². The number of pyridine rings is 1. The van der Waals surface area contributed by atoms with Gasteiger partial charge in [-0.25, -0.2) is 0 Å². The minimum atomic E-state index is 0.198. The van der Waals surface area contributed by atoms with E-state index < -0.39 is 0 Å². The molecule has 156 valence electrons. The highest BCUT2D eigenvalue weighted by Crippen LogP contribution is 2.41. The first kappa shape index (κ1) is 19.4. The van der Waals surface area contributed by atoms with Gasteiger partial charge < -0.3 is 9.42 Å². The number of hydrogen-bond donors (Lipinski definition) is 0. The first-order valence-corrected chi connectivity index (χ1v) is 11.1. The van der Waals surface area contributed by atoms with Crippen LogP contribution in [0.3, 0.4) is 0 Å². The summed E-state index contributed by atoms with van der Waals surface area (Å²) in [7, 11) is 0. The molecule has 0 saturated carbocycles. The fourth-order valence-electron chi connectivity index (χ4n) is 5.01. The SMILES string of the molecule is CCN1CCC(N2C[C@@H](c3cccnc3)[C@H](c3nc(-c4ccccc4)no3)C2)CC1. The molecule has 2 aromatic heterocycles. The Morgan fingerprint density at radius 2 is 1.80 bits per heavy atom. The molecule has 2 atom stereocenters. The summed E-state index contributed by atoms with van der Waals surface area (Å²) in [6.07, 6.45) is 6.31. The van der Waals surface area contributed by atoms with Gasteiger partial charge >= 0.3 is 0 Å². The summed E-state index contributed by atoms with van der Waals surface area (Å²) in [5, 5.41) is 4.29. The van der Waals surface area contributed by atoms with E-state index in [9.17, 15) is 0 Å². The van der Waals surface area contributed by atoms with Crippen LogP contribution in [0.15, 0.2) is 59.4 Å². The molecule has 0 aliphatic carbocycles. The summed E-state index contributed by atoms with van der Waals surface area (Å²) in [4.78, 5) is 14.4. The summed E-state index contributed by atoms with van der Waals surface area (Å²) in [5.74, 6) is 1.94. The van der Waals surface area contributed by atoms with Crippen molar-refractivity contribution in [1.82, 2.24) is 24.9 Å². The van der Waals surface area contributed by atoms with Gasteiger partial charge in [0, 0.05) is 43.0 Å². The van der Waals surface area contributed by atoms with Crippen LogP contribution >= 0.6 is 0 Å². The Morgan fingerprint density at radius 3 is 2.53 bits per heavy atom. The van der Waals surface area contributed by atoms with Crippen molar-refractivity contribution in [1.29, 1.82) is 0 Å². The molecule has 2 saturated heterocycles. The van der Waals surface area contributed by atoms with Crippen molar-refractivity contribution in [2.45, 2.75) is 37.6 Å². The van der Waals surface area contributed by atoms with Crippen LogP contribution in [0.5, 0.6) is 0 Å². The fraction of sp³-hybridized carbons (Fsp3) is 0.458. The zero-order valence-corrected chi connectivity index (χ0v) is 17.5. The number of aromatic nitrogens is 3. The number of nitrogens with zero attached hydrogens (tertiary/aromatic N) is 5. The zero-order chi connectivity index (χ0) is 20.3. The van der Waals surface area contributed by atoms with Crippen LogP contribution in [-0.4, -0.2) is 63.7 Å². The molecule has 6 heteroatoms. The summed E-state index contributed by atoms with van der Waals surface area (Å²) < 4.78 is 5.81. The zero-order valence-electron chi connectivity index (χ0n) is 17.5. The molecule has 2 aliphatic rings. The third-order valence-corrected chi connectivity index (χ3v) is 6.77. The molecule has 0 bridgehead atoms. The number of rotatable bonds is 5. The normalized spacial score (nSPS) is 23.8. The maximum Gasteiger partial charge on any atom is 0.232 e. The average molecular weight is 404 g/mol. The number of likely N-dealkylation sites (tertiary alicyclic amines) is 2. The van der Waals surface area contributed by atoms with Gasteiger partial charge in [-0.2, -0.15) is 4.98 Å². The molecule has 0 amide bonds. The lowest BCUT2D eigenvalue weighted by atomic mass is 9.90. The molecule has 2 fully saturated rings. The van der Waals surface area contributed by atoms with E-state index in [0.717, 1.165) is 31.1 Å². The second-order valence-electron chi connectivity index (χ2n) is 8.44. The first-order chi connectivity index (χ1) is 14.8. The minimum Gasteiger partial charge on any atom is -0.339 e. The Labute approximate surface area is 177 Å². The molecule has 6 nitrogen and oxygen atoms in total. The predicted molar refractivity (Wildman–Crippen MR) is 116 cm³/mol. The molecular formula is C24H29N5O. The molecule has 1 aromatic carbocycles. The second kappa shape index (κ2) is 8.66. The summed E-state index contributed by atoms with van der Waals surface area (Å²) in [6, 6.07) is 14.9. The van der Waals surface area contributed by atoms with Gasteiger partial charge in [-0.15, -0.1) is 0 Å². The van der Waals surface area contributed by atoms with Gasteiger partial charge in [0.2, 0.25) is 11.7 Å². The Bertz CT molecular complexity index is 936. The van der Waals surface area contributed by atoms with Crippen LogP contribution in [0.2, 0.25) is 0 Å². The standard InChI is InChI=1S/C24H29N5O/c1-2-28-13-10-20(11-14-28)29-16-21(19-9-6-12-25-15-19)22(17-29)24-26-23(27-30-24)18-7-4-3-5-8-18/h3-9,12,15,20-22H,2,10-11,13-14,16-17H2,1H3/t21-,22+/m0/s1. The van der Waals surface area contributed by atoms with Crippen molar-refractivity contribution in [3.05, 3.63) is 66.3 Å². The highest BCUT2D eigenvalue weighted by Gasteiger charge is 2.41. The number of piperidine rings is 1. The van der Waals surface area contributed by atoms with Gasteiger partial charge in [-0.05, 0) is 44.1 Å². The highest BCUT2D eigenvalue weighted by molar-refractivity contribution is 5.53. The van der Waals surface area contributed by atoms with Crippen LogP contribution in [0, 0.1) is 0 Å². The van der Waals surface area contributed by atoms with Crippen LogP contribution in [0.1, 0.15) is 43.1 Å². The first-order valence-electron chi connectivity index (χ1n) is 11.1. The topological polar surface area (TPSA) is 58.3 Å². The van der Waals surface area contributed by atoms with Gasteiger partial charge in [0.25, 0.3) is 0 Å². The number of hydrogen-bond acceptors (Lipinski definition) is 6. The van der Waals surface area contributed by atoms with E-state index in [2.05, 4.69) is 32.9 Å². The van der Waals surface area contributed by atoms with Gasteiger partial charge in [-0.1, -0.05) is 48.5 Å². The van der Waals surface area contributed by atoms with E-state index in [1.54, 1.807) is 0 Å². The highest BCUT2D eigenvalue weighted by atomic mass is 16.5. The molecule has 0 radical (unpaired) electrons. The van der Waals surface area contributed by atoms with Crippen molar-refractivity contribution in [3.8, 4) is 11.4 Å². The van der Waals surface area contributed by atoms with Crippen molar-refractivity contribution in [2.24, 2.45) is 0 Å². The third kappa shape index (κ3) is 3.89. The Balaban J connectivity index is 1.40. The molecule has 30 heavy (non-hydrogen) atoms. The third-order valence-electron chi connectivity index (χ3n) is 6.77. The maximum absolute atomic E-state index is 5.81. The Kier molecular flexibility index (Phi) is 5.60. The lowest BCUT2D eigenvalue weighted by Gasteiger charge is -2.36. The smallest absolute Gasteiger partial charge is 0.232 e. The van der Waals surface area contributed by atoms with E-state index in [-0.39, 0.29) is 5.92 Å². The molecule has 0 spiro atoms. The molecule has 5 rings (SSSR count). The summed E-state index contributed by atoms with van der Waals surface area (Å²) in [5.41, 5.74) is 2.25. The van der Waals surface area contributed by atoms with Crippen molar-refractivity contribution in [3.63, 3.8) is 0 Å². The minimum absolute atomic E-state index is 0.198. The van der Waals surface area contributed by atoms with Crippen molar-refractivity contribution in [2.75, 3.05) is 32.7 Å². The van der Waals surface area contributed by atoms with E-state index in [4.69, 9.17) is 9.51 Å². The van der Waals surface area contributed by atoms with Crippen LogP contribution in [-0.2, 0) is 0 Å². The molecule has 4 heterocycles. The molecular weight excluding hydrogens is 374 g/mol. The van der Waals surface area contributed by atoms with Crippen molar-refractivity contribution >= 4 is 0 Å². The van der Waals surface area contributed by atoms with Gasteiger partial charge in [0.05, 0.1) is 5.92 Å². The quantitative estimate of drug-likeness (QED) is 0.646. The number of benzene rings is 1. The lowest BCUT2D eigenvalue weighted by Crippen LogP contribution is -2.44. The predicted octanol–water partition coefficient (Wildman–Crippen LogP) is 3.80. The Hall–Kier alpha value is -2.57. The molecule has 0 unspecified atom stereocenters. The summed E-state index contributed by atoms with van der Waals surface area (Å²) in [6.45, 7) is 7.78. The molecule has 2 aliphatic heterocycles. The lowest BCUT2D eigenvalue weighted by molar-refractivity contribution is 0.128. The van der Waals surface area contributed by atoms with Gasteiger partial charge in [0.15, 0.2) is 0 Å².